The maximum atomic E-state index is 12.5. The first kappa shape index (κ1) is 17.7. The van der Waals surface area contributed by atoms with Gasteiger partial charge < -0.3 is 19.3 Å². The molecule has 26 heavy (non-hydrogen) atoms. The van der Waals surface area contributed by atoms with Gasteiger partial charge in [0.25, 0.3) is 5.91 Å². The molecule has 1 aliphatic rings. The van der Waals surface area contributed by atoms with Gasteiger partial charge in [0.05, 0.1) is 33.1 Å². The highest BCUT2D eigenvalue weighted by Gasteiger charge is 2.43. The van der Waals surface area contributed by atoms with E-state index in [9.17, 15) is 9.90 Å². The third kappa shape index (κ3) is 2.63. The minimum absolute atomic E-state index is 0.0103. The molecule has 1 atom stereocenters. The van der Waals surface area contributed by atoms with Crippen molar-refractivity contribution < 1.29 is 24.1 Å². The number of rotatable bonds is 5. The molecule has 0 radical (unpaired) electrons. The first-order chi connectivity index (χ1) is 12.4. The number of amides is 1. The van der Waals surface area contributed by atoms with Gasteiger partial charge in [-0.2, -0.15) is 0 Å². The lowest BCUT2D eigenvalue weighted by Gasteiger charge is -2.42. The molecule has 3 rings (SSSR count). The number of phenols is 1. The summed E-state index contributed by atoms with van der Waals surface area (Å²) in [6.45, 7) is 5.77. The smallest absolute Gasteiger partial charge is 0.256 e. The van der Waals surface area contributed by atoms with E-state index in [0.717, 1.165) is 11.1 Å². The summed E-state index contributed by atoms with van der Waals surface area (Å²) in [5.41, 5.74) is 2.69. The fraction of sp³-hybridized carbons (Fsp3) is 0.250. The number of hydrogen-bond acceptors (Lipinski definition) is 5. The number of hydrogen-bond donors (Lipinski definition) is 1. The van der Waals surface area contributed by atoms with Crippen LogP contribution in [-0.4, -0.2) is 32.3 Å². The molecule has 0 bridgehead atoms. The highest BCUT2D eigenvalue weighted by atomic mass is 16.5. The van der Waals surface area contributed by atoms with Gasteiger partial charge >= 0.3 is 0 Å². The number of carbonyl (C=O) groups excluding carboxylic acids is 1. The van der Waals surface area contributed by atoms with Crippen molar-refractivity contribution in [1.82, 2.24) is 0 Å². The summed E-state index contributed by atoms with van der Waals surface area (Å²) >= 11 is 0. The van der Waals surface area contributed by atoms with E-state index >= 15 is 0 Å². The number of ether oxygens (including phenoxy) is 3. The van der Waals surface area contributed by atoms with Gasteiger partial charge in [0.1, 0.15) is 11.5 Å². The van der Waals surface area contributed by atoms with E-state index in [-0.39, 0.29) is 17.7 Å². The molecule has 0 aromatic heterocycles. The van der Waals surface area contributed by atoms with Gasteiger partial charge in [-0.15, -0.1) is 0 Å². The van der Waals surface area contributed by atoms with Crippen LogP contribution < -0.4 is 19.1 Å². The molecule has 0 aliphatic carbocycles. The lowest BCUT2D eigenvalue weighted by Crippen LogP contribution is -2.48. The topological polar surface area (TPSA) is 68.2 Å². The van der Waals surface area contributed by atoms with E-state index in [1.165, 1.54) is 7.11 Å². The Hall–Kier alpha value is -3.15. The highest BCUT2D eigenvalue weighted by Crippen LogP contribution is 2.46. The van der Waals surface area contributed by atoms with Crippen LogP contribution in [0.3, 0.4) is 0 Å². The average molecular weight is 355 g/mol. The summed E-state index contributed by atoms with van der Waals surface area (Å²) in [6, 6.07) is 8.25. The van der Waals surface area contributed by atoms with Crippen molar-refractivity contribution in [1.29, 1.82) is 0 Å². The SMILES string of the molecule is C=C1C(=O)N(c2cc(OC)c(C)c(OC)c2)[C@@H]1c1ccc(OC)c(O)c1. The molecule has 1 saturated heterocycles. The van der Waals surface area contributed by atoms with E-state index in [4.69, 9.17) is 14.2 Å². The van der Waals surface area contributed by atoms with Crippen molar-refractivity contribution in [3.63, 3.8) is 0 Å². The molecule has 2 aromatic carbocycles. The van der Waals surface area contributed by atoms with E-state index < -0.39 is 0 Å². The second-order valence-corrected chi connectivity index (χ2v) is 6.01. The minimum atomic E-state index is -0.378. The summed E-state index contributed by atoms with van der Waals surface area (Å²) in [4.78, 5) is 14.1. The second kappa shape index (κ2) is 6.63. The molecule has 1 N–H and O–H groups in total. The van der Waals surface area contributed by atoms with Crippen LogP contribution in [0.25, 0.3) is 0 Å². The van der Waals surface area contributed by atoms with Gasteiger partial charge in [-0.1, -0.05) is 12.6 Å². The molecule has 1 aliphatic heterocycles. The Morgan fingerprint density at radius 2 is 1.58 bits per heavy atom. The maximum absolute atomic E-state index is 12.5. The number of nitrogens with zero attached hydrogens (tertiary/aromatic N) is 1. The number of phenolic OH excluding ortho intramolecular Hbond substituents is 1. The van der Waals surface area contributed by atoms with Crippen LogP contribution >= 0.6 is 0 Å². The van der Waals surface area contributed by atoms with E-state index in [1.807, 2.05) is 6.92 Å². The molecular formula is C20H21NO5. The van der Waals surface area contributed by atoms with Gasteiger partial charge in [0.2, 0.25) is 0 Å². The van der Waals surface area contributed by atoms with E-state index in [1.54, 1.807) is 49.5 Å². The lowest BCUT2D eigenvalue weighted by atomic mass is 9.88. The third-order valence-corrected chi connectivity index (χ3v) is 4.62. The number of benzene rings is 2. The van der Waals surface area contributed by atoms with Crippen molar-refractivity contribution in [2.24, 2.45) is 0 Å². The number of anilines is 1. The Morgan fingerprint density at radius 3 is 2.08 bits per heavy atom. The lowest BCUT2D eigenvalue weighted by molar-refractivity contribution is -0.118. The maximum Gasteiger partial charge on any atom is 0.256 e. The van der Waals surface area contributed by atoms with Gasteiger partial charge in [-0.3, -0.25) is 9.69 Å². The van der Waals surface area contributed by atoms with Crippen molar-refractivity contribution in [3.8, 4) is 23.0 Å². The molecule has 1 heterocycles. The molecule has 6 heteroatoms. The van der Waals surface area contributed by atoms with Crippen LogP contribution in [0.1, 0.15) is 17.2 Å². The van der Waals surface area contributed by atoms with Crippen molar-refractivity contribution in [2.45, 2.75) is 13.0 Å². The van der Waals surface area contributed by atoms with Crippen LogP contribution in [0, 0.1) is 6.92 Å². The zero-order valence-corrected chi connectivity index (χ0v) is 15.2. The van der Waals surface area contributed by atoms with E-state index in [0.29, 0.717) is 28.5 Å². The summed E-state index contributed by atoms with van der Waals surface area (Å²) < 4.78 is 15.9. The highest BCUT2D eigenvalue weighted by molar-refractivity contribution is 6.15. The number of aromatic hydroxyl groups is 1. The van der Waals surface area contributed by atoms with Crippen LogP contribution in [0.15, 0.2) is 42.5 Å². The zero-order chi connectivity index (χ0) is 19.0. The number of β-lactam (4-membered cyclic amide) rings is 1. The minimum Gasteiger partial charge on any atom is -0.504 e. The fourth-order valence-corrected chi connectivity index (χ4v) is 3.18. The van der Waals surface area contributed by atoms with Crippen LogP contribution in [0.2, 0.25) is 0 Å². The van der Waals surface area contributed by atoms with Gasteiger partial charge in [-0.25, -0.2) is 0 Å². The molecule has 1 fully saturated rings. The fourth-order valence-electron chi connectivity index (χ4n) is 3.18. The van der Waals surface area contributed by atoms with Gasteiger partial charge in [-0.05, 0) is 24.6 Å². The Labute approximate surface area is 152 Å². The second-order valence-electron chi connectivity index (χ2n) is 6.01. The Bertz CT molecular complexity index is 865. The normalized spacial score (nSPS) is 16.3. The summed E-state index contributed by atoms with van der Waals surface area (Å²) in [5.74, 6) is 1.45. The van der Waals surface area contributed by atoms with Crippen molar-refractivity contribution >= 4 is 11.6 Å². The quantitative estimate of drug-likeness (QED) is 0.658. The van der Waals surface area contributed by atoms with E-state index in [2.05, 4.69) is 6.58 Å². The molecule has 0 saturated carbocycles. The summed E-state index contributed by atoms with van der Waals surface area (Å²) in [6.07, 6.45) is 0. The van der Waals surface area contributed by atoms with Crippen LogP contribution in [0.5, 0.6) is 23.0 Å². The van der Waals surface area contributed by atoms with Gasteiger partial charge in [0, 0.05) is 23.3 Å². The first-order valence-electron chi connectivity index (χ1n) is 8.04. The van der Waals surface area contributed by atoms with Crippen molar-refractivity contribution in [3.05, 3.63) is 53.6 Å². The molecular weight excluding hydrogens is 334 g/mol. The van der Waals surface area contributed by atoms with Crippen molar-refractivity contribution in [2.75, 3.05) is 26.2 Å². The third-order valence-electron chi connectivity index (χ3n) is 4.62. The van der Waals surface area contributed by atoms with Gasteiger partial charge in [0.15, 0.2) is 11.5 Å². The monoisotopic (exact) mass is 355 g/mol. The first-order valence-corrected chi connectivity index (χ1v) is 8.04. The average Bonchev–Trinajstić information content (AvgIpc) is 2.65. The van der Waals surface area contributed by atoms with Crippen LogP contribution in [0.4, 0.5) is 5.69 Å². The largest absolute Gasteiger partial charge is 0.504 e. The molecule has 2 aromatic rings. The summed E-state index contributed by atoms with van der Waals surface area (Å²) in [7, 11) is 4.63. The predicted molar refractivity (Wildman–Crippen MR) is 98.3 cm³/mol. The van der Waals surface area contributed by atoms with Crippen LogP contribution in [-0.2, 0) is 4.79 Å². The Kier molecular flexibility index (Phi) is 4.50. The zero-order valence-electron chi connectivity index (χ0n) is 15.2. The molecule has 136 valence electrons. The molecule has 0 unspecified atom stereocenters. The Balaban J connectivity index is 2.05. The predicted octanol–water partition coefficient (Wildman–Crippen LogP) is 3.37. The number of methoxy groups -OCH3 is 3. The molecule has 1 amide bonds. The Morgan fingerprint density at radius 1 is 1.00 bits per heavy atom. The number of carbonyl (C=O) groups is 1. The summed E-state index contributed by atoms with van der Waals surface area (Å²) in [5, 5.41) is 10.1. The standard InChI is InChI=1S/C20H21NO5/c1-11-17(25-4)9-14(10-18(11)26-5)21-19(12(2)20(21)23)13-6-7-16(24-3)15(22)8-13/h6-10,19,22H,2H2,1,3-5H3/t19-/m0/s1. The molecule has 0 spiro atoms. The molecule has 6 nitrogen and oxygen atoms in total.